The molecule has 16 heavy (non-hydrogen) atoms. The first-order valence-corrected chi connectivity index (χ1v) is 5.58. The second kappa shape index (κ2) is 4.79. The predicted molar refractivity (Wildman–Crippen MR) is 66.0 cm³/mol. The van der Waals surface area contributed by atoms with Crippen molar-refractivity contribution in [2.45, 2.75) is 32.3 Å². The number of aliphatic hydroxyl groups excluding tert-OH is 1. The molecule has 1 fully saturated rings. The van der Waals surface area contributed by atoms with Crippen LogP contribution >= 0.6 is 0 Å². The van der Waals surface area contributed by atoms with E-state index in [2.05, 4.69) is 19.7 Å². The minimum atomic E-state index is -0.756. The molecule has 1 aliphatic carbocycles. The molecule has 0 aromatic heterocycles. The summed E-state index contributed by atoms with van der Waals surface area (Å²) in [5, 5.41) is 10.3. The van der Waals surface area contributed by atoms with Crippen LogP contribution in [0.1, 0.15) is 26.2 Å². The second-order valence-corrected chi connectivity index (χ2v) is 4.61. The molecule has 0 bridgehead atoms. The SMILES string of the molecule is C=CCC(CC=C)(C(C)=O)[C@@H](O)C1CC1=C. The number of aliphatic hydroxyl groups is 1. The molecule has 0 spiro atoms. The Morgan fingerprint density at radius 3 is 2.25 bits per heavy atom. The zero-order chi connectivity index (χ0) is 12.3. The summed E-state index contributed by atoms with van der Waals surface area (Å²) in [6.07, 6.45) is 4.52. The minimum absolute atomic E-state index is 0.000463. The van der Waals surface area contributed by atoms with Gasteiger partial charge < -0.3 is 5.11 Å². The molecule has 2 heteroatoms. The van der Waals surface area contributed by atoms with E-state index in [1.165, 1.54) is 6.92 Å². The fourth-order valence-corrected chi connectivity index (χ4v) is 2.28. The van der Waals surface area contributed by atoms with Crippen LogP contribution in [0.25, 0.3) is 0 Å². The number of ketones is 1. The smallest absolute Gasteiger partial charge is 0.139 e. The van der Waals surface area contributed by atoms with E-state index in [-0.39, 0.29) is 11.7 Å². The monoisotopic (exact) mass is 220 g/mol. The molecule has 1 rings (SSSR count). The van der Waals surface area contributed by atoms with Gasteiger partial charge >= 0.3 is 0 Å². The van der Waals surface area contributed by atoms with Crippen molar-refractivity contribution in [1.82, 2.24) is 0 Å². The van der Waals surface area contributed by atoms with E-state index in [0.29, 0.717) is 12.8 Å². The highest BCUT2D eigenvalue weighted by Gasteiger charge is 2.49. The molecule has 0 aliphatic heterocycles. The highest BCUT2D eigenvalue weighted by atomic mass is 16.3. The van der Waals surface area contributed by atoms with E-state index in [0.717, 1.165) is 12.0 Å². The van der Waals surface area contributed by atoms with Gasteiger partial charge in [0.1, 0.15) is 5.78 Å². The Morgan fingerprint density at radius 1 is 1.56 bits per heavy atom. The molecule has 0 heterocycles. The van der Waals surface area contributed by atoms with Crippen molar-refractivity contribution >= 4 is 5.78 Å². The maximum Gasteiger partial charge on any atom is 0.139 e. The van der Waals surface area contributed by atoms with Gasteiger partial charge in [0.15, 0.2) is 0 Å². The molecule has 0 amide bonds. The third-order valence-corrected chi connectivity index (χ3v) is 3.51. The number of hydrogen-bond acceptors (Lipinski definition) is 2. The van der Waals surface area contributed by atoms with Gasteiger partial charge in [0, 0.05) is 5.92 Å². The van der Waals surface area contributed by atoms with Crippen LogP contribution in [0.15, 0.2) is 37.5 Å². The average Bonchev–Trinajstić information content (AvgIpc) is 2.93. The van der Waals surface area contributed by atoms with Crippen LogP contribution in [0.2, 0.25) is 0 Å². The Labute approximate surface area is 97.4 Å². The Bertz CT molecular complexity index is 318. The number of carbonyl (C=O) groups is 1. The van der Waals surface area contributed by atoms with Crippen molar-refractivity contribution in [1.29, 1.82) is 0 Å². The Hall–Kier alpha value is -1.15. The van der Waals surface area contributed by atoms with Gasteiger partial charge in [0.25, 0.3) is 0 Å². The van der Waals surface area contributed by atoms with Gasteiger partial charge in [0.05, 0.1) is 11.5 Å². The molecule has 0 aromatic carbocycles. The lowest BCUT2D eigenvalue weighted by Crippen LogP contribution is -2.42. The van der Waals surface area contributed by atoms with E-state index >= 15 is 0 Å². The molecule has 1 unspecified atom stereocenters. The van der Waals surface area contributed by atoms with Crippen molar-refractivity contribution in [2.24, 2.45) is 11.3 Å². The van der Waals surface area contributed by atoms with E-state index in [9.17, 15) is 9.90 Å². The first-order chi connectivity index (χ1) is 7.49. The fraction of sp³-hybridized carbons (Fsp3) is 0.500. The van der Waals surface area contributed by atoms with Crippen LogP contribution < -0.4 is 0 Å². The number of hydrogen-bond donors (Lipinski definition) is 1. The number of Topliss-reactive ketones (excluding diaryl/α,β-unsaturated/α-hetero) is 1. The predicted octanol–water partition coefficient (Wildman–Crippen LogP) is 2.65. The molecule has 1 N–H and O–H groups in total. The van der Waals surface area contributed by atoms with Crippen LogP contribution in [0.4, 0.5) is 0 Å². The summed E-state index contributed by atoms with van der Waals surface area (Å²) in [5.74, 6) is 0.0725. The maximum absolute atomic E-state index is 11.8. The van der Waals surface area contributed by atoms with Crippen LogP contribution in [-0.4, -0.2) is 17.0 Å². The van der Waals surface area contributed by atoms with Gasteiger partial charge in [-0.2, -0.15) is 0 Å². The fourth-order valence-electron chi connectivity index (χ4n) is 2.28. The lowest BCUT2D eigenvalue weighted by atomic mass is 9.71. The van der Waals surface area contributed by atoms with Crippen LogP contribution in [0, 0.1) is 11.3 Å². The van der Waals surface area contributed by atoms with Crippen molar-refractivity contribution < 1.29 is 9.90 Å². The first-order valence-electron chi connectivity index (χ1n) is 5.58. The lowest BCUT2D eigenvalue weighted by Gasteiger charge is -2.34. The summed E-state index contributed by atoms with van der Waals surface area (Å²) >= 11 is 0. The zero-order valence-electron chi connectivity index (χ0n) is 9.91. The van der Waals surface area contributed by atoms with E-state index in [4.69, 9.17) is 0 Å². The highest BCUT2D eigenvalue weighted by Crippen LogP contribution is 2.48. The van der Waals surface area contributed by atoms with Crippen LogP contribution in [0.3, 0.4) is 0 Å². The first kappa shape index (κ1) is 12.9. The van der Waals surface area contributed by atoms with Crippen molar-refractivity contribution in [3.8, 4) is 0 Å². The summed E-state index contributed by atoms with van der Waals surface area (Å²) in [6.45, 7) is 12.7. The molecule has 2 atom stereocenters. The van der Waals surface area contributed by atoms with Gasteiger partial charge in [-0.1, -0.05) is 24.3 Å². The summed E-state index contributed by atoms with van der Waals surface area (Å²) in [6, 6.07) is 0. The van der Waals surface area contributed by atoms with E-state index in [1.807, 2.05) is 0 Å². The average molecular weight is 220 g/mol. The minimum Gasteiger partial charge on any atom is -0.391 e. The Morgan fingerprint density at radius 2 is 2.00 bits per heavy atom. The number of rotatable bonds is 7. The third-order valence-electron chi connectivity index (χ3n) is 3.51. The van der Waals surface area contributed by atoms with Crippen LogP contribution in [0.5, 0.6) is 0 Å². The standard InChI is InChI=1S/C14H20O2/c1-5-7-14(8-6-2,11(4)15)13(16)12-9-10(12)3/h5-6,12-13,16H,1-3,7-9H2,4H3/t12?,13-/m0/s1. The largest absolute Gasteiger partial charge is 0.391 e. The van der Waals surface area contributed by atoms with Crippen LogP contribution in [-0.2, 0) is 4.79 Å². The molecule has 2 nitrogen and oxygen atoms in total. The van der Waals surface area contributed by atoms with Gasteiger partial charge in [-0.05, 0) is 26.2 Å². The molecule has 0 saturated heterocycles. The highest BCUT2D eigenvalue weighted by molar-refractivity contribution is 5.83. The molecule has 0 aromatic rings. The topological polar surface area (TPSA) is 37.3 Å². The molecular formula is C14H20O2. The second-order valence-electron chi connectivity index (χ2n) is 4.61. The van der Waals surface area contributed by atoms with Gasteiger partial charge in [-0.3, -0.25) is 4.79 Å². The molecule has 88 valence electrons. The number of carbonyl (C=O) groups excluding carboxylic acids is 1. The van der Waals surface area contributed by atoms with Gasteiger partial charge in [0.2, 0.25) is 0 Å². The molecule has 1 aliphatic rings. The van der Waals surface area contributed by atoms with Gasteiger partial charge in [-0.15, -0.1) is 13.2 Å². The number of allylic oxidation sites excluding steroid dienone is 2. The van der Waals surface area contributed by atoms with Gasteiger partial charge in [-0.25, -0.2) is 0 Å². The van der Waals surface area contributed by atoms with Crippen molar-refractivity contribution in [3.05, 3.63) is 37.5 Å². The maximum atomic E-state index is 11.8. The Balaban J connectivity index is 2.98. The third kappa shape index (κ3) is 2.17. The summed E-state index contributed by atoms with van der Waals surface area (Å²) < 4.78 is 0. The lowest BCUT2D eigenvalue weighted by molar-refractivity contribution is -0.134. The van der Waals surface area contributed by atoms with E-state index < -0.39 is 11.5 Å². The van der Waals surface area contributed by atoms with Crippen molar-refractivity contribution in [3.63, 3.8) is 0 Å². The summed E-state index contributed by atoms with van der Waals surface area (Å²) in [7, 11) is 0. The Kier molecular flexibility index (Phi) is 3.87. The summed E-state index contributed by atoms with van der Waals surface area (Å²) in [4.78, 5) is 11.8. The van der Waals surface area contributed by atoms with E-state index in [1.54, 1.807) is 12.2 Å². The molecular weight excluding hydrogens is 200 g/mol. The zero-order valence-corrected chi connectivity index (χ0v) is 9.91. The van der Waals surface area contributed by atoms with Crippen molar-refractivity contribution in [2.75, 3.05) is 0 Å². The normalized spacial score (nSPS) is 21.4. The molecule has 0 radical (unpaired) electrons. The summed E-state index contributed by atoms with van der Waals surface area (Å²) in [5.41, 5.74) is 0.277. The molecule has 1 saturated carbocycles. The quantitative estimate of drug-likeness (QED) is 0.670.